The van der Waals surface area contributed by atoms with Crippen LogP contribution in [-0.2, 0) is 0 Å². The highest BCUT2D eigenvalue weighted by molar-refractivity contribution is 5.94. The van der Waals surface area contributed by atoms with Gasteiger partial charge < -0.3 is 0 Å². The number of hydrazine groups is 1. The van der Waals surface area contributed by atoms with E-state index < -0.39 is 0 Å². The van der Waals surface area contributed by atoms with Gasteiger partial charge in [-0.1, -0.05) is 30.3 Å². The van der Waals surface area contributed by atoms with Crippen LogP contribution in [0.3, 0.4) is 0 Å². The average Bonchev–Trinajstić information content (AvgIpc) is 3.12. The highest BCUT2D eigenvalue weighted by Gasteiger charge is 2.47. The van der Waals surface area contributed by atoms with E-state index in [0.717, 1.165) is 30.8 Å². The Labute approximate surface area is 128 Å². The molecule has 0 spiro atoms. The fraction of sp³-hybridized carbons (Fsp3) is 0.235. The van der Waals surface area contributed by atoms with Gasteiger partial charge in [-0.25, -0.2) is 9.18 Å². The van der Waals surface area contributed by atoms with Crippen molar-refractivity contribution in [2.24, 2.45) is 0 Å². The van der Waals surface area contributed by atoms with Crippen LogP contribution in [0.15, 0.2) is 54.6 Å². The van der Waals surface area contributed by atoms with Crippen molar-refractivity contribution in [2.75, 3.05) is 18.0 Å². The van der Waals surface area contributed by atoms with Gasteiger partial charge in [0.05, 0.1) is 0 Å². The molecule has 2 aliphatic rings. The number of nitrogens with zero attached hydrogens (tertiary/aromatic N) is 3. The van der Waals surface area contributed by atoms with Gasteiger partial charge in [-0.15, -0.1) is 0 Å². The Morgan fingerprint density at radius 3 is 2.41 bits per heavy atom. The maximum Gasteiger partial charge on any atom is 0.340 e. The molecule has 1 atom stereocenters. The Kier molecular flexibility index (Phi) is 3.08. The molecule has 22 heavy (non-hydrogen) atoms. The molecule has 4 nitrogen and oxygen atoms in total. The molecule has 2 saturated heterocycles. The molecule has 0 radical (unpaired) electrons. The van der Waals surface area contributed by atoms with Crippen LogP contribution >= 0.6 is 0 Å². The second-order valence-corrected chi connectivity index (χ2v) is 5.55. The molecular weight excluding hydrogens is 281 g/mol. The van der Waals surface area contributed by atoms with E-state index in [9.17, 15) is 9.18 Å². The second-order valence-electron chi connectivity index (χ2n) is 5.55. The third-order valence-corrected chi connectivity index (χ3v) is 4.22. The van der Waals surface area contributed by atoms with Crippen molar-refractivity contribution in [3.05, 3.63) is 66.0 Å². The lowest BCUT2D eigenvalue weighted by Crippen LogP contribution is -2.32. The van der Waals surface area contributed by atoms with Crippen LogP contribution in [0.1, 0.15) is 18.2 Å². The summed E-state index contributed by atoms with van der Waals surface area (Å²) in [6.45, 7) is 1.57. The number of fused-ring (bicyclic) bond motifs is 1. The molecule has 0 bridgehead atoms. The van der Waals surface area contributed by atoms with Crippen LogP contribution < -0.4 is 4.90 Å². The Morgan fingerprint density at radius 1 is 0.955 bits per heavy atom. The molecule has 4 rings (SSSR count). The van der Waals surface area contributed by atoms with Crippen molar-refractivity contribution in [2.45, 2.75) is 12.6 Å². The number of carbonyl (C=O) groups is 1. The predicted molar refractivity (Wildman–Crippen MR) is 81.5 cm³/mol. The zero-order chi connectivity index (χ0) is 15.1. The number of para-hydroxylation sites is 1. The summed E-state index contributed by atoms with van der Waals surface area (Å²) in [7, 11) is 0. The average molecular weight is 297 g/mol. The van der Waals surface area contributed by atoms with E-state index in [0.29, 0.717) is 0 Å². The summed E-state index contributed by atoms with van der Waals surface area (Å²) in [6, 6.07) is 16.0. The molecular formula is C17H16FN3O. The Morgan fingerprint density at radius 2 is 1.68 bits per heavy atom. The van der Waals surface area contributed by atoms with Gasteiger partial charge in [-0.3, -0.25) is 9.91 Å². The summed E-state index contributed by atoms with van der Waals surface area (Å²) in [4.78, 5) is 14.6. The largest absolute Gasteiger partial charge is 0.340 e. The summed E-state index contributed by atoms with van der Waals surface area (Å²) in [6.07, 6.45) is 0.754. The van der Waals surface area contributed by atoms with Gasteiger partial charge in [0.15, 0.2) is 0 Å². The Hall–Kier alpha value is -2.40. The van der Waals surface area contributed by atoms with Gasteiger partial charge in [0.1, 0.15) is 12.0 Å². The van der Waals surface area contributed by atoms with Crippen LogP contribution in [-0.4, -0.2) is 29.1 Å². The van der Waals surface area contributed by atoms with Gasteiger partial charge >= 0.3 is 6.03 Å². The van der Waals surface area contributed by atoms with E-state index in [1.54, 1.807) is 22.0 Å². The molecule has 2 amide bonds. The zero-order valence-corrected chi connectivity index (χ0v) is 12.0. The minimum atomic E-state index is -0.266. The lowest BCUT2D eigenvalue weighted by molar-refractivity contribution is 0.0727. The predicted octanol–water partition coefficient (Wildman–Crippen LogP) is 3.39. The fourth-order valence-electron chi connectivity index (χ4n) is 3.25. The summed E-state index contributed by atoms with van der Waals surface area (Å²) in [5.41, 5.74) is 1.78. The molecule has 2 fully saturated rings. The number of amides is 2. The number of anilines is 1. The molecule has 2 aromatic rings. The van der Waals surface area contributed by atoms with Gasteiger partial charge in [0.2, 0.25) is 0 Å². The number of benzene rings is 2. The van der Waals surface area contributed by atoms with Gasteiger partial charge in [-0.05, 0) is 36.2 Å². The standard InChI is InChI=1S/C17H16FN3O/c18-14-9-7-13(8-10-14)16-19-11-4-12-20(19)17(22)21(16)15-5-2-1-3-6-15/h1-3,5-10,16H,4,11-12H2/t16-/m0/s1. The first-order chi connectivity index (χ1) is 10.8. The number of carbonyl (C=O) groups excluding carboxylic acids is 1. The van der Waals surface area contributed by atoms with Crippen LogP contribution in [0.5, 0.6) is 0 Å². The lowest BCUT2D eigenvalue weighted by Gasteiger charge is -2.27. The number of urea groups is 1. The van der Waals surface area contributed by atoms with Crippen LogP contribution in [0, 0.1) is 5.82 Å². The molecule has 2 heterocycles. The normalized spacial score (nSPS) is 21.5. The molecule has 5 heteroatoms. The number of hydrogen-bond donors (Lipinski definition) is 0. The minimum Gasteiger partial charge on any atom is -0.271 e. The molecule has 2 aliphatic heterocycles. The quantitative estimate of drug-likeness (QED) is 0.849. The summed E-state index contributed by atoms with van der Waals surface area (Å²) < 4.78 is 13.2. The molecule has 0 N–H and O–H groups in total. The van der Waals surface area contributed by atoms with E-state index in [4.69, 9.17) is 0 Å². The first kappa shape index (κ1) is 13.3. The number of rotatable bonds is 2. The van der Waals surface area contributed by atoms with E-state index in [1.165, 1.54) is 12.1 Å². The highest BCUT2D eigenvalue weighted by Crippen LogP contribution is 2.40. The van der Waals surface area contributed by atoms with E-state index in [-0.39, 0.29) is 18.0 Å². The van der Waals surface area contributed by atoms with Crippen LogP contribution in [0.4, 0.5) is 14.9 Å². The van der Waals surface area contributed by atoms with E-state index in [2.05, 4.69) is 5.01 Å². The Bertz CT molecular complexity index is 689. The molecule has 112 valence electrons. The van der Waals surface area contributed by atoms with Crippen molar-refractivity contribution in [3.8, 4) is 0 Å². The lowest BCUT2D eigenvalue weighted by atomic mass is 10.1. The summed E-state index contributed by atoms with van der Waals surface area (Å²) in [5, 5.41) is 3.86. The maximum absolute atomic E-state index is 13.2. The Balaban J connectivity index is 1.80. The topological polar surface area (TPSA) is 26.8 Å². The third kappa shape index (κ3) is 1.97. The van der Waals surface area contributed by atoms with E-state index in [1.807, 2.05) is 30.3 Å². The summed E-state index contributed by atoms with van der Waals surface area (Å²) >= 11 is 0. The third-order valence-electron chi connectivity index (χ3n) is 4.22. The van der Waals surface area contributed by atoms with Gasteiger partial charge in [0.25, 0.3) is 0 Å². The summed E-state index contributed by atoms with van der Waals surface area (Å²) in [5.74, 6) is -0.266. The van der Waals surface area contributed by atoms with Crippen molar-refractivity contribution < 1.29 is 9.18 Å². The molecule has 2 aromatic carbocycles. The molecule has 0 unspecified atom stereocenters. The monoisotopic (exact) mass is 297 g/mol. The van der Waals surface area contributed by atoms with Crippen molar-refractivity contribution in [1.82, 2.24) is 10.0 Å². The van der Waals surface area contributed by atoms with Crippen LogP contribution in [0.2, 0.25) is 0 Å². The highest BCUT2D eigenvalue weighted by atomic mass is 19.1. The smallest absolute Gasteiger partial charge is 0.271 e. The maximum atomic E-state index is 13.2. The first-order valence-corrected chi connectivity index (χ1v) is 7.43. The fourth-order valence-corrected chi connectivity index (χ4v) is 3.25. The number of hydrogen-bond acceptors (Lipinski definition) is 2. The SMILES string of the molecule is O=C1N(c2ccccc2)[C@@H](c2ccc(F)cc2)N2CCCN12. The van der Waals surface area contributed by atoms with Gasteiger partial charge in [-0.2, -0.15) is 5.01 Å². The van der Waals surface area contributed by atoms with Crippen molar-refractivity contribution in [3.63, 3.8) is 0 Å². The van der Waals surface area contributed by atoms with Crippen molar-refractivity contribution >= 4 is 11.7 Å². The molecule has 0 aromatic heterocycles. The zero-order valence-electron chi connectivity index (χ0n) is 12.0. The van der Waals surface area contributed by atoms with E-state index >= 15 is 0 Å². The van der Waals surface area contributed by atoms with Crippen molar-refractivity contribution in [1.29, 1.82) is 0 Å². The molecule has 0 saturated carbocycles. The van der Waals surface area contributed by atoms with Gasteiger partial charge in [0, 0.05) is 18.8 Å². The van der Waals surface area contributed by atoms with Crippen LogP contribution in [0.25, 0.3) is 0 Å². The minimum absolute atomic E-state index is 0.0157. The second kappa shape index (κ2) is 5.10. The molecule has 0 aliphatic carbocycles. The first-order valence-electron chi connectivity index (χ1n) is 7.43. The number of halogens is 1.